The van der Waals surface area contributed by atoms with Gasteiger partial charge in [0.1, 0.15) is 0 Å². The second-order valence-electron chi connectivity index (χ2n) is 11.1. The third-order valence-corrected chi connectivity index (χ3v) is 9.79. The first-order valence-corrected chi connectivity index (χ1v) is 15.5. The fourth-order valence-electron chi connectivity index (χ4n) is 3.88. The van der Waals surface area contributed by atoms with Gasteiger partial charge >= 0.3 is 0 Å². The second-order valence-corrected chi connectivity index (χ2v) is 16.1. The number of rotatable bonds is 6. The summed E-state index contributed by atoms with van der Waals surface area (Å²) in [6.45, 7) is 13.0. The summed E-state index contributed by atoms with van der Waals surface area (Å²) in [6.07, 6.45) is 0. The molecule has 0 radical (unpaired) electrons. The highest BCUT2D eigenvalue weighted by molar-refractivity contribution is 8.00. The lowest BCUT2D eigenvalue weighted by molar-refractivity contribution is 0.586. The van der Waals surface area contributed by atoms with Crippen LogP contribution < -0.4 is 0 Å². The van der Waals surface area contributed by atoms with Crippen molar-refractivity contribution in [1.29, 1.82) is 0 Å². The molecule has 0 aliphatic carbocycles. The summed E-state index contributed by atoms with van der Waals surface area (Å²) in [7, 11) is -3.55. The molecule has 4 aromatic rings. The molecule has 2 nitrogen and oxygen atoms in total. The molecule has 4 rings (SSSR count). The number of hydrogen-bond acceptors (Lipinski definition) is 4. The molecule has 0 amide bonds. The Morgan fingerprint density at radius 1 is 0.514 bits per heavy atom. The van der Waals surface area contributed by atoms with Crippen molar-refractivity contribution in [3.63, 3.8) is 0 Å². The smallest absolute Gasteiger partial charge is 0.206 e. The summed E-state index contributed by atoms with van der Waals surface area (Å²) >= 11 is 3.49. The lowest BCUT2D eigenvalue weighted by atomic mass is 9.87. The van der Waals surface area contributed by atoms with Crippen LogP contribution in [-0.4, -0.2) is 13.2 Å². The topological polar surface area (TPSA) is 34.1 Å². The first-order valence-electron chi connectivity index (χ1n) is 12.3. The van der Waals surface area contributed by atoms with Gasteiger partial charge in [-0.2, -0.15) is 0 Å². The second kappa shape index (κ2) is 10.7. The zero-order valence-corrected chi connectivity index (χ0v) is 24.7. The van der Waals surface area contributed by atoms with Crippen LogP contribution in [0.2, 0.25) is 0 Å². The molecule has 0 spiro atoms. The molecule has 0 unspecified atom stereocenters. The Balaban J connectivity index is 1.43. The zero-order chi connectivity index (χ0) is 26.8. The van der Waals surface area contributed by atoms with E-state index in [1.54, 1.807) is 36.0 Å². The van der Waals surface area contributed by atoms with Gasteiger partial charge in [0.2, 0.25) is 9.84 Å². The average molecular weight is 547 g/mol. The highest BCUT2D eigenvalue weighted by atomic mass is 32.2. The van der Waals surface area contributed by atoms with Crippen molar-refractivity contribution >= 4 is 33.4 Å². The Morgan fingerprint density at radius 2 is 0.892 bits per heavy atom. The van der Waals surface area contributed by atoms with E-state index in [-0.39, 0.29) is 10.2 Å². The SMILES string of the molecule is CC(C)(C)Sc1ccc(-c2ccc(Sc3ccc(S(=O)(=O)c4ccc(C(C)(C)C)cc4)cc3)cc2)cc1. The van der Waals surface area contributed by atoms with Crippen LogP contribution in [-0.2, 0) is 15.3 Å². The number of benzene rings is 4. The molecule has 192 valence electrons. The van der Waals surface area contributed by atoms with Crippen LogP contribution >= 0.6 is 23.5 Å². The third-order valence-electron chi connectivity index (χ3n) is 5.87. The molecule has 0 N–H and O–H groups in total. The molecule has 0 aliphatic rings. The predicted octanol–water partition coefficient (Wildman–Crippen LogP) is 9.53. The molecular weight excluding hydrogens is 513 g/mol. The van der Waals surface area contributed by atoms with Crippen molar-refractivity contribution in [2.45, 2.75) is 76.2 Å². The number of thioether (sulfide) groups is 1. The van der Waals surface area contributed by atoms with Gasteiger partial charge in [-0.25, -0.2) is 8.42 Å². The molecule has 5 heteroatoms. The van der Waals surface area contributed by atoms with Crippen molar-refractivity contribution < 1.29 is 8.42 Å². The molecule has 0 aromatic heterocycles. The van der Waals surface area contributed by atoms with Crippen LogP contribution in [0.4, 0.5) is 0 Å². The molecule has 0 aliphatic heterocycles. The van der Waals surface area contributed by atoms with Crippen molar-refractivity contribution in [3.8, 4) is 11.1 Å². The van der Waals surface area contributed by atoms with Gasteiger partial charge in [-0.05, 0) is 82.8 Å². The van der Waals surface area contributed by atoms with E-state index in [1.165, 1.54) is 16.0 Å². The average Bonchev–Trinajstić information content (AvgIpc) is 2.84. The van der Waals surface area contributed by atoms with Gasteiger partial charge in [0, 0.05) is 19.4 Å². The molecule has 0 saturated heterocycles. The molecule has 0 fully saturated rings. The van der Waals surface area contributed by atoms with Gasteiger partial charge < -0.3 is 0 Å². The van der Waals surface area contributed by atoms with E-state index in [2.05, 4.69) is 90.1 Å². The van der Waals surface area contributed by atoms with E-state index in [9.17, 15) is 8.42 Å². The van der Waals surface area contributed by atoms with E-state index in [0.29, 0.717) is 9.79 Å². The van der Waals surface area contributed by atoms with Gasteiger partial charge in [-0.3, -0.25) is 0 Å². The maximum Gasteiger partial charge on any atom is 0.206 e. The minimum atomic E-state index is -3.55. The molecular formula is C32H34O2S3. The summed E-state index contributed by atoms with van der Waals surface area (Å²) in [5.41, 5.74) is 3.46. The van der Waals surface area contributed by atoms with Gasteiger partial charge in [0.25, 0.3) is 0 Å². The van der Waals surface area contributed by atoms with E-state index < -0.39 is 9.84 Å². The Kier molecular flexibility index (Phi) is 7.99. The standard InChI is InChI=1S/C32H34O2S3/c1-31(2,3)25-11-19-29(20-12-25)37(33,34)30-21-17-27(18-22-30)35-26-13-7-23(8-14-26)24-9-15-28(16-10-24)36-32(4,5)6/h7-22H,1-6H3. The normalized spacial score (nSPS) is 12.5. The van der Waals surface area contributed by atoms with Crippen LogP contribution in [0.3, 0.4) is 0 Å². The third kappa shape index (κ3) is 7.10. The highest BCUT2D eigenvalue weighted by Gasteiger charge is 2.20. The number of hydrogen-bond donors (Lipinski definition) is 0. The first-order chi connectivity index (χ1) is 17.3. The van der Waals surface area contributed by atoms with Crippen LogP contribution in [0.15, 0.2) is 122 Å². The minimum Gasteiger partial charge on any atom is -0.219 e. The molecule has 4 aromatic carbocycles. The quantitative estimate of drug-likeness (QED) is 0.226. The highest BCUT2D eigenvalue weighted by Crippen LogP contribution is 2.35. The molecule has 37 heavy (non-hydrogen) atoms. The van der Waals surface area contributed by atoms with Crippen LogP contribution in [0, 0.1) is 0 Å². The Hall–Kier alpha value is -2.47. The Labute approximate surface area is 230 Å². The van der Waals surface area contributed by atoms with Gasteiger partial charge in [0.05, 0.1) is 9.79 Å². The van der Waals surface area contributed by atoms with Crippen LogP contribution in [0.25, 0.3) is 11.1 Å². The Bertz CT molecular complexity index is 1440. The largest absolute Gasteiger partial charge is 0.219 e. The van der Waals surface area contributed by atoms with Crippen LogP contribution in [0.1, 0.15) is 47.1 Å². The predicted molar refractivity (Wildman–Crippen MR) is 159 cm³/mol. The molecule has 0 atom stereocenters. The van der Waals surface area contributed by atoms with Gasteiger partial charge in [0.15, 0.2) is 0 Å². The molecule has 0 heterocycles. The molecule has 0 saturated carbocycles. The fraction of sp³-hybridized carbons (Fsp3) is 0.250. The minimum absolute atomic E-state index is 0.0186. The van der Waals surface area contributed by atoms with E-state index in [0.717, 1.165) is 15.4 Å². The van der Waals surface area contributed by atoms with Crippen molar-refractivity contribution in [2.24, 2.45) is 0 Å². The van der Waals surface area contributed by atoms with Crippen molar-refractivity contribution in [1.82, 2.24) is 0 Å². The first kappa shape index (κ1) is 27.6. The maximum atomic E-state index is 13.1. The van der Waals surface area contributed by atoms with Crippen molar-refractivity contribution in [2.75, 3.05) is 0 Å². The summed E-state index contributed by atoms with van der Waals surface area (Å²) in [5, 5.41) is 0. The molecule has 0 bridgehead atoms. The van der Waals surface area contributed by atoms with E-state index in [1.807, 2.05) is 36.0 Å². The van der Waals surface area contributed by atoms with Crippen LogP contribution in [0.5, 0.6) is 0 Å². The Morgan fingerprint density at radius 3 is 1.30 bits per heavy atom. The van der Waals surface area contributed by atoms with Gasteiger partial charge in [-0.1, -0.05) is 89.7 Å². The fourth-order valence-corrected chi connectivity index (χ4v) is 6.93. The summed E-state index contributed by atoms with van der Waals surface area (Å²) in [6, 6.07) is 31.6. The monoisotopic (exact) mass is 546 g/mol. The van der Waals surface area contributed by atoms with Crippen molar-refractivity contribution in [3.05, 3.63) is 103 Å². The summed E-state index contributed by atoms with van der Waals surface area (Å²) < 4.78 is 26.4. The van der Waals surface area contributed by atoms with Gasteiger partial charge in [-0.15, -0.1) is 11.8 Å². The number of sulfone groups is 1. The van der Waals surface area contributed by atoms with E-state index in [4.69, 9.17) is 0 Å². The summed E-state index contributed by atoms with van der Waals surface area (Å²) in [5.74, 6) is 0. The lowest BCUT2D eigenvalue weighted by Crippen LogP contribution is -2.11. The lowest BCUT2D eigenvalue weighted by Gasteiger charge is -2.19. The zero-order valence-electron chi connectivity index (χ0n) is 22.3. The van der Waals surface area contributed by atoms with E-state index >= 15 is 0 Å². The summed E-state index contributed by atoms with van der Waals surface area (Å²) in [4.78, 5) is 4.01. The maximum absolute atomic E-state index is 13.1.